The van der Waals surface area contributed by atoms with Crippen molar-refractivity contribution < 1.29 is 13.3 Å². The third kappa shape index (κ3) is 3.77. The van der Waals surface area contributed by atoms with Crippen LogP contribution in [0.15, 0.2) is 28.5 Å². The lowest BCUT2D eigenvalue weighted by Crippen LogP contribution is -2.12. The molecule has 0 atom stereocenters. The van der Waals surface area contributed by atoms with E-state index in [1.165, 1.54) is 12.1 Å². The number of nitrogens with zero attached hydrogens (tertiary/aromatic N) is 1. The summed E-state index contributed by atoms with van der Waals surface area (Å²) in [7, 11) is -3.95. The first-order chi connectivity index (χ1) is 9.70. The molecule has 0 aliphatic rings. The van der Waals surface area contributed by atoms with Gasteiger partial charge in [0.1, 0.15) is 4.21 Å². The van der Waals surface area contributed by atoms with Gasteiger partial charge in [-0.15, -0.1) is 11.3 Å². The fourth-order valence-electron chi connectivity index (χ4n) is 1.36. The Bertz CT molecular complexity index is 822. The molecule has 11 heteroatoms. The van der Waals surface area contributed by atoms with Gasteiger partial charge in [0.2, 0.25) is 0 Å². The number of sulfonamides is 1. The van der Waals surface area contributed by atoms with Gasteiger partial charge in [0.15, 0.2) is 4.34 Å². The highest BCUT2D eigenvalue weighted by Gasteiger charge is 2.25. The first-order valence-corrected chi connectivity index (χ1v) is 9.26. The van der Waals surface area contributed by atoms with Crippen LogP contribution in [-0.4, -0.2) is 13.3 Å². The second-order valence-electron chi connectivity index (χ2n) is 3.71. The minimum atomic E-state index is -3.95. The number of hydrogen-bond donors (Lipinski definition) is 1. The number of thiophene rings is 1. The highest BCUT2D eigenvalue weighted by molar-refractivity contribution is 14.1. The average Bonchev–Trinajstić information content (AvgIpc) is 2.76. The Hall–Kier alpha value is -0.620. The summed E-state index contributed by atoms with van der Waals surface area (Å²) < 4.78 is 26.9. The molecule has 0 amide bonds. The molecule has 1 N–H and O–H groups in total. The lowest BCUT2D eigenvalue weighted by Gasteiger charge is -2.08. The molecule has 2 rings (SSSR count). The molecule has 0 spiro atoms. The Morgan fingerprint density at radius 3 is 2.48 bits per heavy atom. The third-order valence-electron chi connectivity index (χ3n) is 2.28. The van der Waals surface area contributed by atoms with E-state index in [2.05, 4.69) is 4.72 Å². The van der Waals surface area contributed by atoms with Crippen molar-refractivity contribution in [3.05, 3.63) is 47.3 Å². The second-order valence-corrected chi connectivity index (χ2v) is 8.87. The van der Waals surface area contributed by atoms with Gasteiger partial charge < -0.3 is 0 Å². The Morgan fingerprint density at radius 1 is 1.29 bits per heavy atom. The highest BCUT2D eigenvalue weighted by Crippen LogP contribution is 2.37. The molecule has 2 aromatic rings. The van der Waals surface area contributed by atoms with Gasteiger partial charge in [-0.2, -0.15) is 0 Å². The molecule has 1 aromatic carbocycles. The van der Waals surface area contributed by atoms with E-state index in [1.54, 1.807) is 6.07 Å². The van der Waals surface area contributed by atoms with Crippen LogP contribution < -0.4 is 4.72 Å². The summed E-state index contributed by atoms with van der Waals surface area (Å²) >= 11 is 14.0. The fraction of sp³-hybridized carbons (Fsp3) is 0. The molecule has 0 saturated heterocycles. The molecule has 0 aliphatic heterocycles. The van der Waals surface area contributed by atoms with Crippen LogP contribution in [0, 0.1) is 13.7 Å². The Kier molecular flexibility index (Phi) is 4.98. The molecular formula is C10H5Cl2IN2O4S2. The summed E-state index contributed by atoms with van der Waals surface area (Å²) in [6.45, 7) is 0. The van der Waals surface area contributed by atoms with Crippen molar-refractivity contribution in [1.82, 2.24) is 0 Å². The molecule has 112 valence electrons. The van der Waals surface area contributed by atoms with E-state index in [4.69, 9.17) is 23.2 Å². The fourth-order valence-corrected chi connectivity index (χ4v) is 5.30. The summed E-state index contributed by atoms with van der Waals surface area (Å²) in [6.07, 6.45) is 0. The molecule has 0 aliphatic carbocycles. The highest BCUT2D eigenvalue weighted by atomic mass is 127. The number of benzene rings is 1. The van der Waals surface area contributed by atoms with Crippen LogP contribution in [0.2, 0.25) is 9.36 Å². The third-order valence-corrected chi connectivity index (χ3v) is 6.59. The maximum absolute atomic E-state index is 12.2. The second kappa shape index (κ2) is 6.24. The van der Waals surface area contributed by atoms with Gasteiger partial charge in [-0.05, 0) is 40.8 Å². The van der Waals surface area contributed by atoms with Gasteiger partial charge in [-0.3, -0.25) is 14.8 Å². The molecule has 0 saturated carbocycles. The van der Waals surface area contributed by atoms with Gasteiger partial charge in [-0.25, -0.2) is 8.42 Å². The number of halogens is 3. The van der Waals surface area contributed by atoms with Crippen molar-refractivity contribution in [3.8, 4) is 0 Å². The molecule has 1 aromatic heterocycles. The minimum absolute atomic E-state index is 0.189. The summed E-state index contributed by atoms with van der Waals surface area (Å²) in [5.74, 6) is 0. The topological polar surface area (TPSA) is 89.3 Å². The van der Waals surface area contributed by atoms with E-state index in [0.29, 0.717) is 25.6 Å². The van der Waals surface area contributed by atoms with E-state index in [9.17, 15) is 18.5 Å². The number of hydrogen-bond acceptors (Lipinski definition) is 5. The van der Waals surface area contributed by atoms with Crippen molar-refractivity contribution in [2.75, 3.05) is 4.72 Å². The number of rotatable bonds is 4. The maximum Gasteiger partial charge on any atom is 0.300 e. The predicted octanol–water partition coefficient (Wildman–Crippen LogP) is 4.37. The molecule has 0 unspecified atom stereocenters. The zero-order chi connectivity index (χ0) is 15.8. The van der Waals surface area contributed by atoms with Crippen LogP contribution in [0.3, 0.4) is 0 Å². The van der Waals surface area contributed by atoms with Crippen molar-refractivity contribution in [1.29, 1.82) is 0 Å². The van der Waals surface area contributed by atoms with Gasteiger partial charge in [0, 0.05) is 14.7 Å². The zero-order valence-corrected chi connectivity index (χ0v) is 15.1. The van der Waals surface area contributed by atoms with E-state index >= 15 is 0 Å². The molecule has 1 heterocycles. The molecule has 6 nitrogen and oxygen atoms in total. The quantitative estimate of drug-likeness (QED) is 0.401. The predicted molar refractivity (Wildman–Crippen MR) is 91.0 cm³/mol. The van der Waals surface area contributed by atoms with E-state index in [1.807, 2.05) is 22.6 Å². The molecule has 21 heavy (non-hydrogen) atoms. The van der Waals surface area contributed by atoms with Gasteiger partial charge in [0.05, 0.1) is 10.6 Å². The van der Waals surface area contributed by atoms with Gasteiger partial charge in [0.25, 0.3) is 15.7 Å². The average molecular weight is 479 g/mol. The number of nitro groups is 1. The molecule has 0 fully saturated rings. The molecular weight excluding hydrogens is 474 g/mol. The summed E-state index contributed by atoms with van der Waals surface area (Å²) in [5.41, 5.74) is -0.111. The van der Waals surface area contributed by atoms with Crippen molar-refractivity contribution in [2.24, 2.45) is 0 Å². The first-order valence-electron chi connectivity index (χ1n) is 5.12. The van der Waals surface area contributed by atoms with Crippen LogP contribution in [0.4, 0.5) is 11.4 Å². The summed E-state index contributed by atoms with van der Waals surface area (Å²) in [5, 5.41) is 11.2. The first kappa shape index (κ1) is 16.7. The smallest absolute Gasteiger partial charge is 0.278 e. The van der Waals surface area contributed by atoms with E-state index in [-0.39, 0.29) is 8.55 Å². The zero-order valence-electron chi connectivity index (χ0n) is 9.84. The maximum atomic E-state index is 12.2. The van der Waals surface area contributed by atoms with Crippen molar-refractivity contribution in [3.63, 3.8) is 0 Å². The van der Waals surface area contributed by atoms with E-state index < -0.39 is 20.6 Å². The van der Waals surface area contributed by atoms with Crippen molar-refractivity contribution >= 4 is 78.5 Å². The lowest BCUT2D eigenvalue weighted by atomic mass is 10.3. The van der Waals surface area contributed by atoms with Crippen molar-refractivity contribution in [2.45, 2.75) is 4.21 Å². The van der Waals surface area contributed by atoms with Crippen LogP contribution in [0.1, 0.15) is 0 Å². The SMILES string of the molecule is O=[N+]([O-])c1cc(S(=O)(=O)Nc2ccc(Cl)cc2I)sc1Cl. The van der Waals surface area contributed by atoms with Gasteiger partial charge in [-0.1, -0.05) is 23.2 Å². The Balaban J connectivity index is 2.38. The minimum Gasteiger partial charge on any atom is -0.278 e. The van der Waals surface area contributed by atoms with Crippen LogP contribution in [0.25, 0.3) is 0 Å². The summed E-state index contributed by atoms with van der Waals surface area (Å²) in [4.78, 5) is 9.98. The standard InChI is InChI=1S/C10H5Cl2IN2O4S2/c11-5-1-2-7(6(13)3-5)14-21(18,19)9-4-8(15(16)17)10(12)20-9/h1-4,14H. The normalized spacial score (nSPS) is 11.4. The number of anilines is 1. The monoisotopic (exact) mass is 478 g/mol. The largest absolute Gasteiger partial charge is 0.300 e. The lowest BCUT2D eigenvalue weighted by molar-refractivity contribution is -0.384. The molecule has 0 bridgehead atoms. The van der Waals surface area contributed by atoms with Gasteiger partial charge >= 0.3 is 0 Å². The Morgan fingerprint density at radius 2 is 1.95 bits per heavy atom. The summed E-state index contributed by atoms with van der Waals surface area (Å²) in [6, 6.07) is 5.55. The Labute approximate surface area is 147 Å². The molecule has 0 radical (unpaired) electrons. The van der Waals surface area contributed by atoms with E-state index in [0.717, 1.165) is 6.07 Å². The van der Waals surface area contributed by atoms with Crippen LogP contribution in [0.5, 0.6) is 0 Å². The number of nitrogens with one attached hydrogen (secondary N) is 1. The van der Waals surface area contributed by atoms with Crippen LogP contribution in [-0.2, 0) is 10.0 Å². The van der Waals surface area contributed by atoms with Crippen LogP contribution >= 0.6 is 57.1 Å².